The highest BCUT2D eigenvalue weighted by atomic mass is 16.4. The number of tetrazole rings is 1. The Morgan fingerprint density at radius 2 is 1.83 bits per heavy atom. The second-order valence-corrected chi connectivity index (χ2v) is 8.62. The van der Waals surface area contributed by atoms with Crippen molar-refractivity contribution >= 4 is 11.6 Å². The summed E-state index contributed by atoms with van der Waals surface area (Å²) in [6, 6.07) is 15.8. The number of H-pyrrole nitrogens is 1. The van der Waals surface area contributed by atoms with Crippen LogP contribution in [-0.2, 0) is 13.0 Å². The Kier molecular flexibility index (Phi) is 6.40. The van der Waals surface area contributed by atoms with Crippen molar-refractivity contribution in [2.75, 3.05) is 0 Å². The van der Waals surface area contributed by atoms with Crippen LogP contribution in [0.5, 0.6) is 0 Å². The maximum absolute atomic E-state index is 13.0. The van der Waals surface area contributed by atoms with Gasteiger partial charge in [0.25, 0.3) is 5.56 Å². The van der Waals surface area contributed by atoms with Gasteiger partial charge in [0.15, 0.2) is 5.65 Å². The molecule has 2 aromatic carbocycles. The highest BCUT2D eigenvalue weighted by molar-refractivity contribution is 5.94. The highest BCUT2D eigenvalue weighted by Gasteiger charge is 2.19. The smallest absolute Gasteiger partial charge is 0.341 e. The fourth-order valence-electron chi connectivity index (χ4n) is 4.41. The standard InChI is InChI=1S/C26H25N7O3/c1-2-3-4-7-19-16-32(24-22(26(35)36)14-27-33(24)25(19)34)15-17-10-12-18(13-11-17)20-8-5-6-9-21(20)23-28-30-31-29-23/h5-6,8-14,16H,2-4,7,15H2,1H3,(H,35,36)(H,28,29,30,31). The molecule has 0 saturated heterocycles. The second-order valence-electron chi connectivity index (χ2n) is 8.62. The predicted molar refractivity (Wildman–Crippen MR) is 134 cm³/mol. The molecule has 2 N–H and O–H groups in total. The number of hydrogen-bond donors (Lipinski definition) is 2. The van der Waals surface area contributed by atoms with Crippen molar-refractivity contribution in [1.29, 1.82) is 0 Å². The van der Waals surface area contributed by atoms with Gasteiger partial charge in [-0.1, -0.05) is 68.3 Å². The molecule has 0 fully saturated rings. The number of aromatic nitrogens is 7. The summed E-state index contributed by atoms with van der Waals surface area (Å²) in [5, 5.41) is 28.1. The molecule has 0 bridgehead atoms. The first-order valence-corrected chi connectivity index (χ1v) is 11.8. The molecule has 0 aliphatic heterocycles. The molecule has 3 aromatic heterocycles. The molecule has 0 radical (unpaired) electrons. The van der Waals surface area contributed by atoms with Gasteiger partial charge in [-0.05, 0) is 34.7 Å². The molecular weight excluding hydrogens is 458 g/mol. The van der Waals surface area contributed by atoms with Crippen molar-refractivity contribution in [3.8, 4) is 22.5 Å². The number of nitrogens with zero attached hydrogens (tertiary/aromatic N) is 6. The normalized spacial score (nSPS) is 11.2. The highest BCUT2D eigenvalue weighted by Crippen LogP contribution is 2.30. The third-order valence-electron chi connectivity index (χ3n) is 6.21. The molecule has 0 atom stereocenters. The molecule has 36 heavy (non-hydrogen) atoms. The molecule has 0 amide bonds. The van der Waals surface area contributed by atoms with Crippen LogP contribution in [0.2, 0.25) is 0 Å². The molecule has 10 nitrogen and oxygen atoms in total. The number of aromatic carboxylic acids is 1. The van der Waals surface area contributed by atoms with Crippen LogP contribution in [0.3, 0.4) is 0 Å². The number of carboxylic acid groups (broad SMARTS) is 1. The average molecular weight is 484 g/mol. The molecule has 5 rings (SSSR count). The van der Waals surface area contributed by atoms with Crippen molar-refractivity contribution in [3.63, 3.8) is 0 Å². The van der Waals surface area contributed by atoms with Crippen LogP contribution in [0.25, 0.3) is 28.2 Å². The molecule has 0 aliphatic carbocycles. The lowest BCUT2D eigenvalue weighted by molar-refractivity contribution is 0.0698. The quantitative estimate of drug-likeness (QED) is 0.305. The summed E-state index contributed by atoms with van der Waals surface area (Å²) in [6.45, 7) is 2.50. The number of hydrogen-bond acceptors (Lipinski definition) is 6. The van der Waals surface area contributed by atoms with Crippen LogP contribution in [0.15, 0.2) is 65.7 Å². The first-order chi connectivity index (χ1) is 17.6. The van der Waals surface area contributed by atoms with E-state index in [1.807, 2.05) is 48.5 Å². The molecule has 182 valence electrons. The summed E-state index contributed by atoms with van der Waals surface area (Å²) in [5.41, 5.74) is 4.41. The second kappa shape index (κ2) is 9.95. The van der Waals surface area contributed by atoms with E-state index >= 15 is 0 Å². The van der Waals surface area contributed by atoms with Gasteiger partial charge in [-0.3, -0.25) is 4.79 Å². The minimum atomic E-state index is -1.12. The van der Waals surface area contributed by atoms with E-state index in [4.69, 9.17) is 0 Å². The number of fused-ring (bicyclic) bond motifs is 1. The number of nitrogens with one attached hydrogen (secondary N) is 1. The number of carbonyl (C=O) groups is 1. The number of benzene rings is 2. The van der Waals surface area contributed by atoms with Gasteiger partial charge in [0.2, 0.25) is 5.82 Å². The van der Waals surface area contributed by atoms with E-state index in [2.05, 4.69) is 32.6 Å². The monoisotopic (exact) mass is 483 g/mol. The van der Waals surface area contributed by atoms with E-state index in [-0.39, 0.29) is 16.8 Å². The third-order valence-corrected chi connectivity index (χ3v) is 6.21. The summed E-state index contributed by atoms with van der Waals surface area (Å²) in [6.07, 6.45) is 6.59. The van der Waals surface area contributed by atoms with Crippen LogP contribution in [0.4, 0.5) is 0 Å². The van der Waals surface area contributed by atoms with Crippen molar-refractivity contribution in [2.24, 2.45) is 0 Å². The lowest BCUT2D eigenvalue weighted by Gasteiger charge is -2.13. The van der Waals surface area contributed by atoms with Crippen LogP contribution in [-0.4, -0.2) is 45.9 Å². The zero-order chi connectivity index (χ0) is 25.1. The van der Waals surface area contributed by atoms with E-state index < -0.39 is 5.97 Å². The summed E-state index contributed by atoms with van der Waals surface area (Å²) < 4.78 is 3.02. The first kappa shape index (κ1) is 23.2. The SMILES string of the molecule is CCCCCc1cn(Cc2ccc(-c3ccccc3-c3nn[nH]n3)cc2)c2c(C(=O)O)cnn2c1=O. The van der Waals surface area contributed by atoms with Gasteiger partial charge in [0, 0.05) is 23.9 Å². The number of carboxylic acids is 1. The molecule has 3 heterocycles. The Hall–Kier alpha value is -4.60. The van der Waals surface area contributed by atoms with E-state index in [0.717, 1.165) is 41.5 Å². The van der Waals surface area contributed by atoms with Crippen LogP contribution in [0, 0.1) is 0 Å². The minimum absolute atomic E-state index is 0.00197. The van der Waals surface area contributed by atoms with Gasteiger partial charge in [-0.25, -0.2) is 4.79 Å². The summed E-state index contributed by atoms with van der Waals surface area (Å²) in [7, 11) is 0. The van der Waals surface area contributed by atoms with Gasteiger partial charge in [-0.15, -0.1) is 10.2 Å². The Morgan fingerprint density at radius 3 is 2.53 bits per heavy atom. The number of aryl methyl sites for hydroxylation is 1. The average Bonchev–Trinajstić information content (AvgIpc) is 3.58. The van der Waals surface area contributed by atoms with E-state index in [1.165, 1.54) is 10.7 Å². The van der Waals surface area contributed by atoms with Crippen molar-refractivity contribution in [2.45, 2.75) is 39.2 Å². The Labute approximate surface area is 206 Å². The van der Waals surface area contributed by atoms with E-state index in [1.54, 1.807) is 10.8 Å². The lowest BCUT2D eigenvalue weighted by atomic mass is 9.98. The van der Waals surface area contributed by atoms with Crippen molar-refractivity contribution in [3.05, 3.63) is 88.0 Å². The topological polar surface area (TPSA) is 131 Å². The van der Waals surface area contributed by atoms with Gasteiger partial charge < -0.3 is 9.67 Å². The fraction of sp³-hybridized carbons (Fsp3) is 0.231. The lowest BCUT2D eigenvalue weighted by Crippen LogP contribution is -2.24. The van der Waals surface area contributed by atoms with Crippen LogP contribution >= 0.6 is 0 Å². The largest absolute Gasteiger partial charge is 0.477 e. The van der Waals surface area contributed by atoms with Gasteiger partial charge in [0.1, 0.15) is 5.56 Å². The molecule has 5 aromatic rings. The first-order valence-electron chi connectivity index (χ1n) is 11.8. The summed E-state index contributed by atoms with van der Waals surface area (Å²) in [5.74, 6) is -0.604. The molecule has 0 unspecified atom stereocenters. The third kappa shape index (κ3) is 4.40. The Morgan fingerprint density at radius 1 is 1.06 bits per heavy atom. The Bertz CT molecular complexity index is 1570. The van der Waals surface area contributed by atoms with E-state index in [0.29, 0.717) is 24.4 Å². The maximum Gasteiger partial charge on any atom is 0.341 e. The fourth-order valence-corrected chi connectivity index (χ4v) is 4.41. The van der Waals surface area contributed by atoms with Gasteiger partial charge in [-0.2, -0.15) is 14.8 Å². The predicted octanol–water partition coefficient (Wildman–Crippen LogP) is 3.82. The molecule has 0 saturated carbocycles. The molecule has 0 aliphatic rings. The summed E-state index contributed by atoms with van der Waals surface area (Å²) >= 11 is 0. The number of rotatable bonds is 9. The molecule has 0 spiro atoms. The van der Waals surface area contributed by atoms with E-state index in [9.17, 15) is 14.7 Å². The van der Waals surface area contributed by atoms with Gasteiger partial charge >= 0.3 is 5.97 Å². The van der Waals surface area contributed by atoms with Crippen molar-refractivity contribution in [1.82, 2.24) is 34.8 Å². The zero-order valence-electron chi connectivity index (χ0n) is 19.8. The Balaban J connectivity index is 1.51. The number of aromatic amines is 1. The van der Waals surface area contributed by atoms with Gasteiger partial charge in [0.05, 0.1) is 6.20 Å². The zero-order valence-corrected chi connectivity index (χ0v) is 19.8. The minimum Gasteiger partial charge on any atom is -0.477 e. The van der Waals surface area contributed by atoms with Crippen LogP contribution in [0.1, 0.15) is 47.7 Å². The molecular formula is C26H25N7O3. The maximum atomic E-state index is 13.0. The summed E-state index contributed by atoms with van der Waals surface area (Å²) in [4.78, 5) is 24.8. The number of unbranched alkanes of at least 4 members (excludes halogenated alkanes) is 2. The molecule has 10 heteroatoms. The van der Waals surface area contributed by atoms with Crippen molar-refractivity contribution < 1.29 is 9.90 Å². The van der Waals surface area contributed by atoms with Crippen LogP contribution < -0.4 is 5.56 Å².